The van der Waals surface area contributed by atoms with E-state index in [1.165, 1.54) is 0 Å². The van der Waals surface area contributed by atoms with Gasteiger partial charge in [0.2, 0.25) is 0 Å². The molecule has 0 aliphatic rings. The number of carboxylic acid groups (broad SMARTS) is 1. The van der Waals surface area contributed by atoms with Crippen LogP contribution >= 0.6 is 11.3 Å². The van der Waals surface area contributed by atoms with Crippen molar-refractivity contribution in [3.63, 3.8) is 0 Å². The van der Waals surface area contributed by atoms with E-state index in [-0.39, 0.29) is 6.61 Å². The number of thiophene rings is 1. The number of terminal acetylenes is 1. The Morgan fingerprint density at radius 3 is 2.33 bits per heavy atom. The first-order valence-corrected chi connectivity index (χ1v) is 3.98. The third-order valence-electron chi connectivity index (χ3n) is 0.704. The van der Waals surface area contributed by atoms with Crippen molar-refractivity contribution in [3.05, 3.63) is 22.9 Å². The number of ether oxygens (including phenoxy) is 1. The number of hydrogen-bond donors (Lipinski definition) is 1. The summed E-state index contributed by atoms with van der Waals surface area (Å²) in [5.74, 6) is 2.00. The van der Waals surface area contributed by atoms with Crippen molar-refractivity contribution in [2.45, 2.75) is 0 Å². The summed E-state index contributed by atoms with van der Waals surface area (Å²) in [5.41, 5.74) is 0. The van der Waals surface area contributed by atoms with Crippen LogP contribution in [-0.4, -0.2) is 17.9 Å². The summed E-state index contributed by atoms with van der Waals surface area (Å²) >= 11 is 1.71. The Morgan fingerprint density at radius 1 is 1.58 bits per heavy atom. The van der Waals surface area contributed by atoms with Gasteiger partial charge in [0.25, 0.3) is 0 Å². The Hall–Kier alpha value is -1.47. The second kappa shape index (κ2) is 7.63. The SMILES string of the molecule is C#CCOC(=O)O.c1ccsc1. The zero-order valence-electron chi connectivity index (χ0n) is 6.27. The Labute approximate surface area is 74.6 Å². The molecule has 1 aromatic heterocycles. The van der Waals surface area contributed by atoms with Crippen molar-refractivity contribution in [3.8, 4) is 12.3 Å². The van der Waals surface area contributed by atoms with Crippen LogP contribution in [0.15, 0.2) is 22.9 Å². The summed E-state index contributed by atoms with van der Waals surface area (Å²) in [6, 6.07) is 4.04. The van der Waals surface area contributed by atoms with Gasteiger partial charge in [-0.1, -0.05) is 18.1 Å². The predicted octanol–water partition coefficient (Wildman–Crippen LogP) is 2.06. The Morgan fingerprint density at radius 2 is 2.17 bits per heavy atom. The Kier molecular flexibility index (Phi) is 6.70. The van der Waals surface area contributed by atoms with Crippen LogP contribution in [0.1, 0.15) is 0 Å². The lowest BCUT2D eigenvalue weighted by Gasteiger charge is -1.87. The van der Waals surface area contributed by atoms with Crippen molar-refractivity contribution < 1.29 is 14.6 Å². The molecule has 0 saturated carbocycles. The molecule has 0 atom stereocenters. The van der Waals surface area contributed by atoms with Crippen molar-refractivity contribution in [2.24, 2.45) is 0 Å². The maximum absolute atomic E-state index is 9.44. The molecule has 12 heavy (non-hydrogen) atoms. The number of rotatable bonds is 1. The van der Waals surface area contributed by atoms with Gasteiger partial charge < -0.3 is 9.84 Å². The third-order valence-corrected chi connectivity index (χ3v) is 1.33. The van der Waals surface area contributed by atoms with Crippen LogP contribution in [0, 0.1) is 12.3 Å². The van der Waals surface area contributed by atoms with E-state index < -0.39 is 6.16 Å². The molecule has 64 valence electrons. The fraction of sp³-hybridized carbons (Fsp3) is 0.125. The van der Waals surface area contributed by atoms with Crippen molar-refractivity contribution in [1.82, 2.24) is 0 Å². The molecule has 0 fully saturated rings. The molecule has 4 heteroatoms. The maximum Gasteiger partial charge on any atom is 0.506 e. The van der Waals surface area contributed by atoms with Crippen molar-refractivity contribution in [1.29, 1.82) is 0 Å². The normalized spacial score (nSPS) is 7.25. The first kappa shape index (κ1) is 10.5. The molecule has 3 nitrogen and oxygen atoms in total. The van der Waals surface area contributed by atoms with Gasteiger partial charge in [0.1, 0.15) is 0 Å². The van der Waals surface area contributed by atoms with E-state index in [0.717, 1.165) is 0 Å². The molecular formula is C8H8O3S. The minimum absolute atomic E-state index is 0.171. The quantitative estimate of drug-likeness (QED) is 0.536. The van der Waals surface area contributed by atoms with Crippen LogP contribution in [0.25, 0.3) is 0 Å². The van der Waals surface area contributed by atoms with E-state index in [1.54, 1.807) is 11.3 Å². The fourth-order valence-corrected chi connectivity index (χ4v) is 0.784. The van der Waals surface area contributed by atoms with E-state index in [1.807, 2.05) is 28.8 Å². The maximum atomic E-state index is 9.44. The predicted molar refractivity (Wildman–Crippen MR) is 47.1 cm³/mol. The molecule has 0 spiro atoms. The van der Waals surface area contributed by atoms with Gasteiger partial charge in [-0.05, 0) is 10.8 Å². The molecule has 1 heterocycles. The monoisotopic (exact) mass is 184 g/mol. The summed E-state index contributed by atoms with van der Waals surface area (Å²) in [6.45, 7) is -0.171. The van der Waals surface area contributed by atoms with Gasteiger partial charge in [0.15, 0.2) is 6.61 Å². The minimum atomic E-state index is -1.34. The molecule has 0 aliphatic carbocycles. The van der Waals surface area contributed by atoms with Crippen LogP contribution in [0.5, 0.6) is 0 Å². The molecule has 0 aromatic carbocycles. The number of carbonyl (C=O) groups is 1. The Bertz CT molecular complexity index is 218. The van der Waals surface area contributed by atoms with Crippen molar-refractivity contribution >= 4 is 17.5 Å². The highest BCUT2D eigenvalue weighted by Crippen LogP contribution is 1.91. The zero-order valence-corrected chi connectivity index (χ0v) is 7.08. The smallest absolute Gasteiger partial charge is 0.450 e. The molecule has 0 amide bonds. The first-order valence-electron chi connectivity index (χ1n) is 3.03. The van der Waals surface area contributed by atoms with Crippen LogP contribution < -0.4 is 0 Å². The number of hydrogen-bond acceptors (Lipinski definition) is 3. The topological polar surface area (TPSA) is 46.5 Å². The molecule has 1 rings (SSSR count). The summed E-state index contributed by atoms with van der Waals surface area (Å²) in [7, 11) is 0. The second-order valence-electron chi connectivity index (χ2n) is 1.55. The van der Waals surface area contributed by atoms with Gasteiger partial charge in [0.05, 0.1) is 0 Å². The summed E-state index contributed by atoms with van der Waals surface area (Å²) < 4.78 is 3.87. The van der Waals surface area contributed by atoms with E-state index in [0.29, 0.717) is 0 Å². The minimum Gasteiger partial charge on any atom is -0.450 e. The molecule has 0 saturated heterocycles. The first-order chi connectivity index (χ1) is 5.77. The molecule has 0 radical (unpaired) electrons. The molecule has 0 unspecified atom stereocenters. The van der Waals surface area contributed by atoms with Gasteiger partial charge in [0, 0.05) is 0 Å². The lowest BCUT2D eigenvalue weighted by Crippen LogP contribution is -1.98. The second-order valence-corrected chi connectivity index (χ2v) is 2.37. The largest absolute Gasteiger partial charge is 0.506 e. The zero-order chi connectivity index (χ0) is 9.23. The standard InChI is InChI=1S/C4H4O3.C4H4S/c1-2-3-7-4(5)6;1-2-4-5-3-1/h1H,3H2,(H,5,6);1-4H. The molecular weight excluding hydrogens is 176 g/mol. The molecule has 1 aromatic rings. The van der Waals surface area contributed by atoms with Crippen LogP contribution in [0.3, 0.4) is 0 Å². The van der Waals surface area contributed by atoms with Gasteiger partial charge in [-0.25, -0.2) is 4.79 Å². The average molecular weight is 184 g/mol. The van der Waals surface area contributed by atoms with Gasteiger partial charge in [-0.2, -0.15) is 11.3 Å². The van der Waals surface area contributed by atoms with E-state index in [9.17, 15) is 4.79 Å². The Balaban J connectivity index is 0.000000211. The van der Waals surface area contributed by atoms with Gasteiger partial charge in [-0.3, -0.25) is 0 Å². The molecule has 0 bridgehead atoms. The molecule has 0 aliphatic heterocycles. The van der Waals surface area contributed by atoms with E-state index >= 15 is 0 Å². The van der Waals surface area contributed by atoms with Crippen LogP contribution in [0.2, 0.25) is 0 Å². The highest BCUT2D eigenvalue weighted by Gasteiger charge is 1.88. The summed E-state index contributed by atoms with van der Waals surface area (Å²) in [4.78, 5) is 9.44. The van der Waals surface area contributed by atoms with Crippen LogP contribution in [-0.2, 0) is 4.74 Å². The summed E-state index contributed by atoms with van der Waals surface area (Å²) in [6.07, 6.45) is 3.30. The van der Waals surface area contributed by atoms with Crippen molar-refractivity contribution in [2.75, 3.05) is 6.61 Å². The van der Waals surface area contributed by atoms with Crippen LogP contribution in [0.4, 0.5) is 4.79 Å². The highest BCUT2D eigenvalue weighted by atomic mass is 32.1. The fourth-order valence-electron chi connectivity index (χ4n) is 0.330. The van der Waals surface area contributed by atoms with Gasteiger partial charge in [-0.15, -0.1) is 6.42 Å². The molecule has 1 N–H and O–H groups in total. The highest BCUT2D eigenvalue weighted by molar-refractivity contribution is 7.07. The van der Waals surface area contributed by atoms with Gasteiger partial charge >= 0.3 is 6.16 Å². The summed E-state index contributed by atoms with van der Waals surface area (Å²) in [5, 5.41) is 11.8. The lowest BCUT2D eigenvalue weighted by molar-refractivity contribution is 0.103. The lowest BCUT2D eigenvalue weighted by atomic mass is 10.7. The van der Waals surface area contributed by atoms with E-state index in [4.69, 9.17) is 5.11 Å². The van der Waals surface area contributed by atoms with E-state index in [2.05, 4.69) is 11.2 Å². The third kappa shape index (κ3) is 8.53. The average Bonchev–Trinajstić information content (AvgIpc) is 2.57.